The Morgan fingerprint density at radius 2 is 2.18 bits per heavy atom. The van der Waals surface area contributed by atoms with Crippen LogP contribution in [0.4, 0.5) is 0 Å². The highest BCUT2D eigenvalue weighted by Gasteiger charge is 2.40. The van der Waals surface area contributed by atoms with Crippen LogP contribution in [0, 0.1) is 0 Å². The van der Waals surface area contributed by atoms with Gasteiger partial charge in [0.2, 0.25) is 0 Å². The maximum Gasteiger partial charge on any atom is 0.326 e. The number of fused-ring (bicyclic) bond motifs is 1. The van der Waals surface area contributed by atoms with Crippen molar-refractivity contribution in [3.8, 4) is 0 Å². The largest absolute Gasteiger partial charge is 0.480 e. The molecule has 2 unspecified atom stereocenters. The predicted molar refractivity (Wildman–Crippen MR) is 76.4 cm³/mol. The smallest absolute Gasteiger partial charge is 0.326 e. The Morgan fingerprint density at radius 3 is 2.86 bits per heavy atom. The third kappa shape index (κ3) is 2.31. The molecule has 1 aromatic carbocycles. The van der Waals surface area contributed by atoms with Gasteiger partial charge in [-0.3, -0.25) is 4.79 Å². The molecule has 1 aromatic heterocycles. The summed E-state index contributed by atoms with van der Waals surface area (Å²) in [6.07, 6.45) is 0.0376. The zero-order valence-electron chi connectivity index (χ0n) is 12.3. The van der Waals surface area contributed by atoms with Crippen molar-refractivity contribution in [2.24, 2.45) is 7.05 Å². The molecular formula is C14H16N4O4. The van der Waals surface area contributed by atoms with E-state index in [4.69, 9.17) is 4.74 Å². The van der Waals surface area contributed by atoms with E-state index >= 15 is 0 Å². The van der Waals surface area contributed by atoms with Crippen molar-refractivity contribution >= 4 is 22.9 Å². The van der Waals surface area contributed by atoms with Gasteiger partial charge in [-0.05, 0) is 18.2 Å². The van der Waals surface area contributed by atoms with Crippen LogP contribution in [0.25, 0.3) is 11.0 Å². The zero-order chi connectivity index (χ0) is 15.9. The number of carbonyl (C=O) groups is 2. The van der Waals surface area contributed by atoms with E-state index in [1.165, 1.54) is 12.0 Å². The molecule has 1 amide bonds. The first-order chi connectivity index (χ1) is 10.5. The summed E-state index contributed by atoms with van der Waals surface area (Å²) in [4.78, 5) is 25.3. The second-order valence-corrected chi connectivity index (χ2v) is 5.32. The molecule has 2 heterocycles. The predicted octanol–water partition coefficient (Wildman–Crippen LogP) is 0.282. The zero-order valence-corrected chi connectivity index (χ0v) is 12.3. The standard InChI is InChI=1S/C14H16N4O4/c1-17-11-4-3-8(5-10(11)15-16-17)13(19)18-7-9(22-2)6-12(18)14(20)21/h3-5,9,12H,6-7H2,1-2H3,(H,20,21). The summed E-state index contributed by atoms with van der Waals surface area (Å²) in [5, 5.41) is 17.2. The lowest BCUT2D eigenvalue weighted by molar-refractivity contribution is -0.141. The monoisotopic (exact) mass is 304 g/mol. The Bertz CT molecular complexity index is 742. The lowest BCUT2D eigenvalue weighted by Crippen LogP contribution is -2.40. The van der Waals surface area contributed by atoms with Crippen LogP contribution < -0.4 is 0 Å². The summed E-state index contributed by atoms with van der Waals surface area (Å²) in [5.74, 6) is -1.35. The number of hydrogen-bond acceptors (Lipinski definition) is 5. The number of carboxylic acid groups (broad SMARTS) is 1. The fraction of sp³-hybridized carbons (Fsp3) is 0.429. The molecular weight excluding hydrogens is 288 g/mol. The summed E-state index contributed by atoms with van der Waals surface area (Å²) >= 11 is 0. The van der Waals surface area contributed by atoms with Crippen LogP contribution in [-0.2, 0) is 16.6 Å². The Balaban J connectivity index is 1.92. The number of nitrogens with zero attached hydrogens (tertiary/aromatic N) is 4. The number of carbonyl (C=O) groups excluding carboxylic acids is 1. The Labute approximate surface area is 126 Å². The van der Waals surface area contributed by atoms with Gasteiger partial charge in [0.15, 0.2) is 0 Å². The average molecular weight is 304 g/mol. The second-order valence-electron chi connectivity index (χ2n) is 5.32. The van der Waals surface area contributed by atoms with E-state index in [-0.39, 0.29) is 18.6 Å². The van der Waals surface area contributed by atoms with Crippen LogP contribution in [0.3, 0.4) is 0 Å². The van der Waals surface area contributed by atoms with E-state index in [1.54, 1.807) is 29.9 Å². The van der Waals surface area contributed by atoms with E-state index in [0.717, 1.165) is 5.52 Å². The van der Waals surface area contributed by atoms with Gasteiger partial charge in [0.1, 0.15) is 11.6 Å². The van der Waals surface area contributed by atoms with Crippen molar-refractivity contribution in [1.82, 2.24) is 19.9 Å². The first-order valence-corrected chi connectivity index (χ1v) is 6.87. The third-order valence-electron chi connectivity index (χ3n) is 4.00. The summed E-state index contributed by atoms with van der Waals surface area (Å²) < 4.78 is 6.81. The summed E-state index contributed by atoms with van der Waals surface area (Å²) in [6.45, 7) is 0.269. The lowest BCUT2D eigenvalue weighted by atomic mass is 10.1. The quantitative estimate of drug-likeness (QED) is 0.875. The molecule has 8 nitrogen and oxygen atoms in total. The molecule has 1 fully saturated rings. The average Bonchev–Trinajstić information content (AvgIpc) is 3.10. The molecule has 3 rings (SSSR count). The molecule has 0 radical (unpaired) electrons. The van der Waals surface area contributed by atoms with E-state index in [2.05, 4.69) is 10.3 Å². The number of aromatic nitrogens is 3. The van der Waals surface area contributed by atoms with Gasteiger partial charge < -0.3 is 14.7 Å². The minimum Gasteiger partial charge on any atom is -0.480 e. The van der Waals surface area contributed by atoms with Crippen molar-refractivity contribution in [3.63, 3.8) is 0 Å². The number of rotatable bonds is 3. The minimum absolute atomic E-state index is 0.259. The molecule has 1 aliphatic rings. The van der Waals surface area contributed by atoms with Gasteiger partial charge in [-0.25, -0.2) is 9.48 Å². The Hall–Kier alpha value is -2.48. The minimum atomic E-state index is -1.02. The number of benzene rings is 1. The van der Waals surface area contributed by atoms with E-state index < -0.39 is 12.0 Å². The summed E-state index contributed by atoms with van der Waals surface area (Å²) in [6, 6.07) is 4.17. The number of ether oxygens (including phenoxy) is 1. The Kier molecular flexibility index (Phi) is 3.53. The van der Waals surface area contributed by atoms with Crippen LogP contribution in [0.1, 0.15) is 16.8 Å². The van der Waals surface area contributed by atoms with Gasteiger partial charge in [-0.15, -0.1) is 5.10 Å². The molecule has 116 valence electrons. The first kappa shape index (κ1) is 14.5. The first-order valence-electron chi connectivity index (χ1n) is 6.87. The maximum atomic E-state index is 12.6. The van der Waals surface area contributed by atoms with Crippen LogP contribution in [0.15, 0.2) is 18.2 Å². The van der Waals surface area contributed by atoms with Gasteiger partial charge in [-0.1, -0.05) is 5.21 Å². The SMILES string of the molecule is COC1CC(C(=O)O)N(C(=O)c2ccc3c(c2)nnn3C)C1. The van der Waals surface area contributed by atoms with E-state index in [9.17, 15) is 14.7 Å². The van der Waals surface area contributed by atoms with E-state index in [1.807, 2.05) is 0 Å². The Morgan fingerprint density at radius 1 is 1.41 bits per heavy atom. The van der Waals surface area contributed by atoms with Gasteiger partial charge in [0.25, 0.3) is 5.91 Å². The number of aliphatic carboxylic acids is 1. The molecule has 0 saturated carbocycles. The van der Waals surface area contributed by atoms with Gasteiger partial charge in [-0.2, -0.15) is 0 Å². The molecule has 2 aromatic rings. The highest BCUT2D eigenvalue weighted by molar-refractivity contribution is 5.99. The summed E-state index contributed by atoms with van der Waals surface area (Å²) in [7, 11) is 3.28. The van der Waals surface area contributed by atoms with Gasteiger partial charge in [0.05, 0.1) is 11.6 Å². The number of amides is 1. The molecule has 22 heavy (non-hydrogen) atoms. The summed E-state index contributed by atoms with van der Waals surface area (Å²) in [5.41, 5.74) is 1.81. The molecule has 0 bridgehead atoms. The molecule has 2 atom stereocenters. The third-order valence-corrected chi connectivity index (χ3v) is 4.00. The topological polar surface area (TPSA) is 97.6 Å². The van der Waals surface area contributed by atoms with Crippen molar-refractivity contribution < 1.29 is 19.4 Å². The van der Waals surface area contributed by atoms with Crippen LogP contribution in [-0.4, -0.2) is 62.7 Å². The second kappa shape index (κ2) is 5.38. The fourth-order valence-electron chi connectivity index (χ4n) is 2.77. The van der Waals surface area contributed by atoms with E-state index in [0.29, 0.717) is 17.5 Å². The van der Waals surface area contributed by atoms with Crippen molar-refractivity contribution in [1.29, 1.82) is 0 Å². The molecule has 1 aliphatic heterocycles. The van der Waals surface area contributed by atoms with Gasteiger partial charge >= 0.3 is 5.97 Å². The van der Waals surface area contributed by atoms with Crippen molar-refractivity contribution in [2.75, 3.05) is 13.7 Å². The number of methoxy groups -OCH3 is 1. The lowest BCUT2D eigenvalue weighted by Gasteiger charge is -2.21. The molecule has 0 aliphatic carbocycles. The number of likely N-dealkylation sites (tertiary alicyclic amines) is 1. The van der Waals surface area contributed by atoms with Crippen molar-refractivity contribution in [2.45, 2.75) is 18.6 Å². The normalized spacial score (nSPS) is 21.5. The fourth-order valence-corrected chi connectivity index (χ4v) is 2.77. The number of aryl methyl sites for hydroxylation is 1. The van der Waals surface area contributed by atoms with Crippen LogP contribution >= 0.6 is 0 Å². The molecule has 1 saturated heterocycles. The highest BCUT2D eigenvalue weighted by atomic mass is 16.5. The van der Waals surface area contributed by atoms with Crippen molar-refractivity contribution in [3.05, 3.63) is 23.8 Å². The molecule has 1 N–H and O–H groups in total. The van der Waals surface area contributed by atoms with Crippen LogP contribution in [0.5, 0.6) is 0 Å². The molecule has 0 spiro atoms. The molecule has 8 heteroatoms. The number of carboxylic acids is 1. The highest BCUT2D eigenvalue weighted by Crippen LogP contribution is 2.23. The number of hydrogen-bond donors (Lipinski definition) is 1. The van der Waals surface area contributed by atoms with Gasteiger partial charge in [0, 0.05) is 32.7 Å². The van der Waals surface area contributed by atoms with Crippen LogP contribution in [0.2, 0.25) is 0 Å². The maximum absolute atomic E-state index is 12.6.